The second-order valence-corrected chi connectivity index (χ2v) is 6.26. The van der Waals surface area contributed by atoms with Gasteiger partial charge in [0.1, 0.15) is 6.04 Å². The van der Waals surface area contributed by atoms with E-state index in [1.165, 1.54) is 16.2 Å². The fourth-order valence-electron chi connectivity index (χ4n) is 2.60. The molecule has 2 aliphatic rings. The molecule has 3 rings (SSSR count). The summed E-state index contributed by atoms with van der Waals surface area (Å²) in [6.07, 6.45) is 3.44. The number of carbonyl (C=O) groups is 2. The highest BCUT2D eigenvalue weighted by Crippen LogP contribution is 2.34. The Hall–Kier alpha value is -1.43. The summed E-state index contributed by atoms with van der Waals surface area (Å²) >= 11 is 1.39. The van der Waals surface area contributed by atoms with Crippen molar-refractivity contribution in [2.75, 3.05) is 11.4 Å². The number of hydrogen-bond acceptors (Lipinski definition) is 4. The molecule has 0 aliphatic carbocycles. The topological polar surface area (TPSA) is 53.5 Å². The number of imide groups is 1. The molecule has 2 saturated heterocycles. The molecule has 96 valence electrons. The quantitative estimate of drug-likeness (QED) is 0.730. The van der Waals surface area contributed by atoms with E-state index in [1.807, 2.05) is 6.92 Å². The summed E-state index contributed by atoms with van der Waals surface area (Å²) in [5.41, 5.74) is 0. The third-order valence-electron chi connectivity index (χ3n) is 3.61. The highest BCUT2D eigenvalue weighted by molar-refractivity contribution is 7.15. The summed E-state index contributed by atoms with van der Waals surface area (Å²) in [6, 6.07) is -0.475. The average Bonchev–Trinajstić information content (AvgIpc) is 2.84. The number of nitrogens with zero attached hydrogens (tertiary/aromatic N) is 3. The van der Waals surface area contributed by atoms with Crippen molar-refractivity contribution in [1.82, 2.24) is 9.88 Å². The number of carbonyl (C=O) groups excluding carboxylic acids is 2. The van der Waals surface area contributed by atoms with Gasteiger partial charge in [0, 0.05) is 17.6 Å². The molecule has 1 aromatic rings. The fraction of sp³-hybridized carbons (Fsp3) is 0.583. The van der Waals surface area contributed by atoms with E-state index >= 15 is 0 Å². The molecule has 3 amide bonds. The van der Waals surface area contributed by atoms with Crippen molar-refractivity contribution in [3.05, 3.63) is 11.1 Å². The van der Waals surface area contributed by atoms with Gasteiger partial charge in [-0.15, -0.1) is 11.3 Å². The first-order valence-electron chi connectivity index (χ1n) is 6.15. The minimum atomic E-state index is -0.273. The van der Waals surface area contributed by atoms with Gasteiger partial charge in [0.15, 0.2) is 0 Å². The number of piperidine rings is 1. The Labute approximate surface area is 109 Å². The van der Waals surface area contributed by atoms with E-state index in [9.17, 15) is 9.59 Å². The van der Waals surface area contributed by atoms with Crippen LogP contribution in [0.1, 0.15) is 24.6 Å². The normalized spacial score (nSPS) is 27.9. The molecule has 0 aromatic carbocycles. The van der Waals surface area contributed by atoms with Crippen LogP contribution in [0, 0.1) is 12.8 Å². The van der Waals surface area contributed by atoms with Gasteiger partial charge in [0.2, 0.25) is 5.13 Å². The predicted molar refractivity (Wildman–Crippen MR) is 68.6 cm³/mol. The molecule has 1 aromatic heterocycles. The first kappa shape index (κ1) is 11.6. The standard InChI is InChI=1S/C12H15N3O2S/c1-7-3-4-14-9(5-7)10(16)15(12(14)17)11-13-6-8(2)18-11/h6-7,9H,3-5H2,1-2H3/t7-,9-/m1/s1. The van der Waals surface area contributed by atoms with Crippen LogP contribution in [0.3, 0.4) is 0 Å². The second-order valence-electron chi connectivity index (χ2n) is 5.05. The highest BCUT2D eigenvalue weighted by Gasteiger charge is 2.48. The molecule has 0 N–H and O–H groups in total. The van der Waals surface area contributed by atoms with Crippen LogP contribution in [0.15, 0.2) is 6.20 Å². The molecular formula is C12H15N3O2S. The number of aryl methyl sites for hydroxylation is 1. The number of aromatic nitrogens is 1. The zero-order valence-corrected chi connectivity index (χ0v) is 11.2. The van der Waals surface area contributed by atoms with E-state index in [0.717, 1.165) is 17.7 Å². The van der Waals surface area contributed by atoms with Crippen molar-refractivity contribution in [2.45, 2.75) is 32.7 Å². The van der Waals surface area contributed by atoms with Crippen LogP contribution < -0.4 is 4.90 Å². The maximum atomic E-state index is 12.3. The molecule has 0 radical (unpaired) electrons. The van der Waals surface area contributed by atoms with Gasteiger partial charge in [-0.2, -0.15) is 0 Å². The van der Waals surface area contributed by atoms with E-state index in [4.69, 9.17) is 0 Å². The van der Waals surface area contributed by atoms with Crippen molar-refractivity contribution in [3.8, 4) is 0 Å². The Kier molecular flexibility index (Phi) is 2.62. The Morgan fingerprint density at radius 2 is 2.22 bits per heavy atom. The summed E-state index contributed by atoms with van der Waals surface area (Å²) in [5.74, 6) is 0.391. The van der Waals surface area contributed by atoms with E-state index in [-0.39, 0.29) is 18.0 Å². The van der Waals surface area contributed by atoms with Crippen molar-refractivity contribution in [2.24, 2.45) is 5.92 Å². The Morgan fingerprint density at radius 1 is 1.44 bits per heavy atom. The van der Waals surface area contributed by atoms with Gasteiger partial charge in [0.05, 0.1) is 0 Å². The van der Waals surface area contributed by atoms with Crippen LogP contribution in [-0.2, 0) is 4.79 Å². The van der Waals surface area contributed by atoms with Gasteiger partial charge in [0.25, 0.3) is 5.91 Å². The van der Waals surface area contributed by atoms with Crippen LogP contribution in [-0.4, -0.2) is 34.4 Å². The first-order chi connectivity index (χ1) is 8.58. The molecular weight excluding hydrogens is 250 g/mol. The van der Waals surface area contributed by atoms with E-state index in [1.54, 1.807) is 11.1 Å². The molecule has 6 heteroatoms. The van der Waals surface area contributed by atoms with Gasteiger partial charge >= 0.3 is 6.03 Å². The van der Waals surface area contributed by atoms with E-state index < -0.39 is 0 Å². The van der Waals surface area contributed by atoms with Gasteiger partial charge in [-0.3, -0.25) is 4.79 Å². The number of anilines is 1. The SMILES string of the molecule is Cc1cnc(N2C(=O)[C@H]3C[C@H](C)CCN3C2=O)s1. The number of hydrogen-bond donors (Lipinski definition) is 0. The van der Waals surface area contributed by atoms with E-state index in [2.05, 4.69) is 11.9 Å². The van der Waals surface area contributed by atoms with Crippen LogP contribution in [0.2, 0.25) is 0 Å². The molecule has 2 atom stereocenters. The molecule has 5 nitrogen and oxygen atoms in total. The van der Waals surface area contributed by atoms with Gasteiger partial charge in [-0.25, -0.2) is 14.7 Å². The third-order valence-corrected chi connectivity index (χ3v) is 4.51. The minimum Gasteiger partial charge on any atom is -0.312 e. The maximum Gasteiger partial charge on any atom is 0.333 e. The third kappa shape index (κ3) is 1.63. The first-order valence-corrected chi connectivity index (χ1v) is 6.96. The molecule has 2 aliphatic heterocycles. The predicted octanol–water partition coefficient (Wildman–Crippen LogP) is 2.02. The van der Waals surface area contributed by atoms with Crippen LogP contribution in [0.4, 0.5) is 9.93 Å². The number of amides is 3. The number of thiazole rings is 1. The Balaban J connectivity index is 1.93. The lowest BCUT2D eigenvalue weighted by molar-refractivity contribution is -0.120. The smallest absolute Gasteiger partial charge is 0.312 e. The highest BCUT2D eigenvalue weighted by atomic mass is 32.1. The summed E-state index contributed by atoms with van der Waals surface area (Å²) in [4.78, 5) is 32.7. The molecule has 2 fully saturated rings. The van der Waals surface area contributed by atoms with Crippen LogP contribution >= 0.6 is 11.3 Å². The minimum absolute atomic E-state index is 0.110. The lowest BCUT2D eigenvalue weighted by Crippen LogP contribution is -2.41. The van der Waals surface area contributed by atoms with Crippen molar-refractivity contribution < 1.29 is 9.59 Å². The summed E-state index contributed by atoms with van der Waals surface area (Å²) in [6.45, 7) is 4.73. The van der Waals surface area contributed by atoms with Crippen LogP contribution in [0.5, 0.6) is 0 Å². The summed E-state index contributed by atoms with van der Waals surface area (Å²) < 4.78 is 0. The molecule has 18 heavy (non-hydrogen) atoms. The van der Waals surface area contributed by atoms with Crippen molar-refractivity contribution in [1.29, 1.82) is 0 Å². The molecule has 0 bridgehead atoms. The zero-order chi connectivity index (χ0) is 12.9. The molecule has 0 unspecified atom stereocenters. The maximum absolute atomic E-state index is 12.3. The Bertz CT molecular complexity index is 513. The lowest BCUT2D eigenvalue weighted by atomic mass is 9.93. The molecule has 3 heterocycles. The largest absolute Gasteiger partial charge is 0.333 e. The fourth-order valence-corrected chi connectivity index (χ4v) is 3.36. The number of fused-ring (bicyclic) bond motifs is 1. The van der Waals surface area contributed by atoms with Crippen molar-refractivity contribution >= 4 is 28.4 Å². The second kappa shape index (κ2) is 4.05. The van der Waals surface area contributed by atoms with Crippen LogP contribution in [0.25, 0.3) is 0 Å². The molecule has 0 spiro atoms. The number of rotatable bonds is 1. The van der Waals surface area contributed by atoms with Crippen molar-refractivity contribution in [3.63, 3.8) is 0 Å². The van der Waals surface area contributed by atoms with Gasteiger partial charge in [-0.05, 0) is 25.7 Å². The number of urea groups is 1. The zero-order valence-electron chi connectivity index (χ0n) is 10.4. The Morgan fingerprint density at radius 3 is 2.89 bits per heavy atom. The van der Waals surface area contributed by atoms with E-state index in [0.29, 0.717) is 17.6 Å². The average molecular weight is 265 g/mol. The summed E-state index contributed by atoms with van der Waals surface area (Å²) in [5, 5.41) is 0.504. The van der Waals surface area contributed by atoms with Gasteiger partial charge in [-0.1, -0.05) is 6.92 Å². The van der Waals surface area contributed by atoms with Gasteiger partial charge < -0.3 is 4.90 Å². The molecule has 0 saturated carbocycles. The monoisotopic (exact) mass is 265 g/mol. The lowest BCUT2D eigenvalue weighted by Gasteiger charge is -2.30. The summed E-state index contributed by atoms with van der Waals surface area (Å²) in [7, 11) is 0.